The highest BCUT2D eigenvalue weighted by molar-refractivity contribution is 6.04. The van der Waals surface area contributed by atoms with Crippen LogP contribution in [0.4, 0.5) is 24.5 Å². The van der Waals surface area contributed by atoms with Crippen LogP contribution in [0.3, 0.4) is 0 Å². The van der Waals surface area contributed by atoms with Gasteiger partial charge >= 0.3 is 12.1 Å². The highest BCUT2D eigenvalue weighted by atomic mass is 19.4. The maximum Gasteiger partial charge on any atom is 0.452 e. The summed E-state index contributed by atoms with van der Waals surface area (Å²) < 4.78 is 45.7. The van der Waals surface area contributed by atoms with E-state index in [4.69, 9.17) is 4.42 Å². The molecule has 2 fully saturated rings. The minimum absolute atomic E-state index is 0.00941. The lowest BCUT2D eigenvalue weighted by molar-refractivity contribution is -0.153. The molecule has 2 amide bonds. The van der Waals surface area contributed by atoms with E-state index in [2.05, 4.69) is 15.2 Å². The van der Waals surface area contributed by atoms with Crippen LogP contribution in [0.2, 0.25) is 0 Å². The van der Waals surface area contributed by atoms with Gasteiger partial charge in [0.2, 0.25) is 17.6 Å². The average Bonchev–Trinajstić information content (AvgIpc) is 3.45. The number of aliphatic carboxylic acids is 1. The second-order valence-electron chi connectivity index (χ2n) is 10.3. The van der Waals surface area contributed by atoms with Gasteiger partial charge in [0.1, 0.15) is 0 Å². The Hall–Kier alpha value is -4.35. The lowest BCUT2D eigenvalue weighted by atomic mass is 9.80. The number of anilines is 2. The van der Waals surface area contributed by atoms with Crippen LogP contribution >= 0.6 is 0 Å². The zero-order valence-electron chi connectivity index (χ0n) is 22.1. The molecule has 5 rings (SSSR count). The van der Waals surface area contributed by atoms with Crippen LogP contribution in [-0.4, -0.2) is 59.0 Å². The van der Waals surface area contributed by atoms with Crippen molar-refractivity contribution in [2.45, 2.75) is 31.9 Å². The van der Waals surface area contributed by atoms with Gasteiger partial charge in [-0.3, -0.25) is 14.4 Å². The van der Waals surface area contributed by atoms with Crippen LogP contribution < -0.4 is 10.2 Å². The van der Waals surface area contributed by atoms with E-state index in [9.17, 15) is 32.7 Å². The number of oxazole rings is 1. The van der Waals surface area contributed by atoms with Crippen molar-refractivity contribution in [1.82, 2.24) is 9.88 Å². The number of carboxylic acid groups (broad SMARTS) is 1. The Bertz CT molecular complexity index is 1400. The predicted molar refractivity (Wildman–Crippen MR) is 143 cm³/mol. The maximum absolute atomic E-state index is 13.6. The fraction of sp³-hybridized carbons (Fsp3) is 0.379. The van der Waals surface area contributed by atoms with E-state index in [0.29, 0.717) is 51.0 Å². The van der Waals surface area contributed by atoms with Crippen LogP contribution in [-0.2, 0) is 15.8 Å². The number of rotatable bonds is 6. The van der Waals surface area contributed by atoms with Gasteiger partial charge in [-0.1, -0.05) is 24.6 Å². The number of hydrogen-bond acceptors (Lipinski definition) is 6. The van der Waals surface area contributed by atoms with Gasteiger partial charge in [0.15, 0.2) is 5.69 Å². The van der Waals surface area contributed by atoms with E-state index >= 15 is 0 Å². The smallest absolute Gasteiger partial charge is 0.452 e. The van der Waals surface area contributed by atoms with E-state index < -0.39 is 35.4 Å². The van der Waals surface area contributed by atoms with E-state index in [1.54, 1.807) is 47.4 Å². The third kappa shape index (κ3) is 6.36. The molecular formula is C29H29F3N4O5. The van der Waals surface area contributed by atoms with Gasteiger partial charge in [0.05, 0.1) is 5.92 Å². The summed E-state index contributed by atoms with van der Waals surface area (Å²) in [5, 5.41) is 11.8. The van der Waals surface area contributed by atoms with E-state index in [1.165, 1.54) is 12.1 Å². The molecule has 2 aliphatic rings. The molecule has 1 aromatic heterocycles. The Morgan fingerprint density at radius 3 is 2.22 bits per heavy atom. The first-order chi connectivity index (χ1) is 19.6. The quantitative estimate of drug-likeness (QED) is 0.421. The van der Waals surface area contributed by atoms with Crippen molar-refractivity contribution in [3.05, 3.63) is 66.1 Å². The first kappa shape index (κ1) is 28.2. The summed E-state index contributed by atoms with van der Waals surface area (Å²) in [4.78, 5) is 44.8. The number of amides is 2. The number of hydrogen-bond donors (Lipinski definition) is 2. The van der Waals surface area contributed by atoms with Gasteiger partial charge in [-0.25, -0.2) is 4.98 Å². The number of piperazine rings is 1. The summed E-state index contributed by atoms with van der Waals surface area (Å²) in [6.45, 7) is 2.15. The van der Waals surface area contributed by atoms with Crippen LogP contribution in [0.1, 0.15) is 41.9 Å². The molecule has 0 spiro atoms. The second kappa shape index (κ2) is 11.6. The van der Waals surface area contributed by atoms with E-state index in [1.807, 2.05) is 0 Å². The first-order valence-electron chi connectivity index (χ1n) is 13.4. The van der Waals surface area contributed by atoms with Gasteiger partial charge in [-0.05, 0) is 55.7 Å². The number of carboxylic acids is 1. The van der Waals surface area contributed by atoms with Gasteiger partial charge in [-0.2, -0.15) is 13.2 Å². The van der Waals surface area contributed by atoms with Gasteiger partial charge in [-0.15, -0.1) is 0 Å². The summed E-state index contributed by atoms with van der Waals surface area (Å²) in [6, 6.07) is 14.7. The van der Waals surface area contributed by atoms with Crippen molar-refractivity contribution in [3.63, 3.8) is 0 Å². The normalized spacial score (nSPS) is 19.6. The number of halogens is 3. The molecule has 1 saturated carbocycles. The molecule has 41 heavy (non-hydrogen) atoms. The zero-order valence-corrected chi connectivity index (χ0v) is 22.1. The molecular weight excluding hydrogens is 541 g/mol. The number of nitrogens with zero attached hydrogens (tertiary/aromatic N) is 3. The molecule has 2 heterocycles. The molecule has 2 aromatic carbocycles. The average molecular weight is 571 g/mol. The minimum atomic E-state index is -4.91. The van der Waals surface area contributed by atoms with E-state index in [-0.39, 0.29) is 23.4 Å². The monoisotopic (exact) mass is 570 g/mol. The molecule has 1 aliphatic carbocycles. The number of carbonyl (C=O) groups is 3. The summed E-state index contributed by atoms with van der Waals surface area (Å²) in [5.74, 6) is -4.37. The molecule has 0 radical (unpaired) electrons. The van der Waals surface area contributed by atoms with Gasteiger partial charge < -0.3 is 24.6 Å². The van der Waals surface area contributed by atoms with Gasteiger partial charge in [0.25, 0.3) is 5.91 Å². The summed E-state index contributed by atoms with van der Waals surface area (Å²) in [6.07, 6.45) is -2.47. The number of alkyl halides is 3. The van der Waals surface area contributed by atoms with Crippen molar-refractivity contribution in [3.8, 4) is 11.5 Å². The topological polar surface area (TPSA) is 116 Å². The molecule has 216 valence electrons. The molecule has 0 bridgehead atoms. The Morgan fingerprint density at radius 1 is 0.927 bits per heavy atom. The van der Waals surface area contributed by atoms with Crippen LogP contribution in [0.25, 0.3) is 11.5 Å². The van der Waals surface area contributed by atoms with Crippen molar-refractivity contribution in [2.24, 2.45) is 11.8 Å². The molecule has 1 saturated heterocycles. The largest absolute Gasteiger partial charge is 0.481 e. The predicted octanol–water partition coefficient (Wildman–Crippen LogP) is 5.15. The lowest BCUT2D eigenvalue weighted by Crippen LogP contribution is -2.51. The molecule has 9 nitrogen and oxygen atoms in total. The van der Waals surface area contributed by atoms with Crippen LogP contribution in [0.5, 0.6) is 0 Å². The summed E-state index contributed by atoms with van der Waals surface area (Å²) >= 11 is 0. The Morgan fingerprint density at radius 2 is 1.59 bits per heavy atom. The third-order valence-electron chi connectivity index (χ3n) is 7.57. The standard InChI is InChI=1S/C29H29F3N4O5/c30-29(31,32)24-23(34-26(41-24)18-5-2-1-3-6-18)25(37)33-21-9-11-22(12-10-21)35-13-15-36(16-14-35)27(38)19-7-4-8-20(17-19)28(39)40/h1-3,5-6,9-12,19-20H,4,7-8,13-17H2,(H,33,37)(H,39,40)/t19-,20+/m1/s1. The molecule has 1 aliphatic heterocycles. The third-order valence-corrected chi connectivity index (χ3v) is 7.57. The van der Waals surface area contributed by atoms with Gasteiger partial charge in [0, 0.05) is 49.0 Å². The molecule has 3 aromatic rings. The van der Waals surface area contributed by atoms with Crippen molar-refractivity contribution < 1.29 is 37.1 Å². The van der Waals surface area contributed by atoms with Crippen LogP contribution in [0, 0.1) is 11.8 Å². The molecule has 0 unspecified atom stereocenters. The SMILES string of the molecule is O=C(Nc1ccc(N2CCN(C(=O)[C@@H]3CCC[C@H](C(=O)O)C3)CC2)cc1)c1nc(-c2ccccc2)oc1C(F)(F)F. The van der Waals surface area contributed by atoms with Crippen LogP contribution in [0.15, 0.2) is 59.0 Å². The Labute approximate surface area is 234 Å². The number of nitrogens with one attached hydrogen (secondary N) is 1. The number of aromatic nitrogens is 1. The molecule has 2 N–H and O–H groups in total. The molecule has 2 atom stereocenters. The van der Waals surface area contributed by atoms with Crippen molar-refractivity contribution in [2.75, 3.05) is 36.4 Å². The second-order valence-corrected chi connectivity index (χ2v) is 10.3. The Balaban J connectivity index is 1.20. The fourth-order valence-electron chi connectivity index (χ4n) is 5.40. The Kier molecular flexibility index (Phi) is 8.00. The minimum Gasteiger partial charge on any atom is -0.481 e. The summed E-state index contributed by atoms with van der Waals surface area (Å²) in [5.41, 5.74) is 0.581. The summed E-state index contributed by atoms with van der Waals surface area (Å²) in [7, 11) is 0. The number of benzene rings is 2. The lowest BCUT2D eigenvalue weighted by Gasteiger charge is -2.38. The van der Waals surface area contributed by atoms with Crippen molar-refractivity contribution >= 4 is 29.2 Å². The highest BCUT2D eigenvalue weighted by Crippen LogP contribution is 2.36. The first-order valence-corrected chi connectivity index (χ1v) is 13.4. The molecule has 12 heteroatoms. The fourth-order valence-corrected chi connectivity index (χ4v) is 5.40. The zero-order chi connectivity index (χ0) is 29.1. The number of carbonyl (C=O) groups excluding carboxylic acids is 2. The van der Waals surface area contributed by atoms with Crippen molar-refractivity contribution in [1.29, 1.82) is 0 Å². The van der Waals surface area contributed by atoms with E-state index in [0.717, 1.165) is 12.1 Å². The highest BCUT2D eigenvalue weighted by Gasteiger charge is 2.42. The maximum atomic E-state index is 13.6.